The molecule has 0 atom stereocenters. The van der Waals surface area contributed by atoms with Gasteiger partial charge in [0.25, 0.3) is 0 Å². The molecule has 2 aromatic heterocycles. The summed E-state index contributed by atoms with van der Waals surface area (Å²) >= 11 is 0. The third kappa shape index (κ3) is 6.65. The molecule has 0 bridgehead atoms. The van der Waals surface area contributed by atoms with E-state index in [1.54, 1.807) is 0 Å². The van der Waals surface area contributed by atoms with Crippen LogP contribution in [-0.4, -0.2) is 82.0 Å². The highest BCUT2D eigenvalue weighted by atomic mass is 32.2. The van der Waals surface area contributed by atoms with E-state index >= 15 is 0 Å². The third-order valence-electron chi connectivity index (χ3n) is 8.51. The summed E-state index contributed by atoms with van der Waals surface area (Å²) in [5, 5.41) is 14.5. The number of para-hydroxylation sites is 1. The number of aromatic nitrogens is 3. The summed E-state index contributed by atoms with van der Waals surface area (Å²) in [4.78, 5) is 15.2. The zero-order valence-electron chi connectivity index (χ0n) is 26.4. The first-order chi connectivity index (χ1) is 21.7. The van der Waals surface area contributed by atoms with E-state index in [0.29, 0.717) is 54.4 Å². The Kier molecular flexibility index (Phi) is 9.02. The number of ether oxygens (including phenoxy) is 1. The van der Waals surface area contributed by atoms with Crippen molar-refractivity contribution in [1.29, 1.82) is 0 Å². The first-order valence-corrected chi connectivity index (χ1v) is 17.5. The molecule has 6 rings (SSSR count). The van der Waals surface area contributed by atoms with E-state index in [0.717, 1.165) is 67.0 Å². The number of likely N-dealkylation sites (N-methyl/N-ethyl adjacent to an activating group) is 1. The van der Waals surface area contributed by atoms with Gasteiger partial charge in [-0.1, -0.05) is 12.1 Å². The predicted molar refractivity (Wildman–Crippen MR) is 182 cm³/mol. The molecule has 1 saturated heterocycles. The van der Waals surface area contributed by atoms with Crippen LogP contribution < -0.4 is 35.2 Å². The molecule has 240 valence electrons. The van der Waals surface area contributed by atoms with Crippen LogP contribution in [-0.2, 0) is 16.4 Å². The van der Waals surface area contributed by atoms with E-state index in [1.165, 1.54) is 16.2 Å². The zero-order valence-corrected chi connectivity index (χ0v) is 27.2. The minimum Gasteiger partial charge on any atom is -0.492 e. The van der Waals surface area contributed by atoms with Crippen LogP contribution in [0.5, 0.6) is 5.75 Å². The molecule has 2 aliphatic rings. The molecule has 1 fully saturated rings. The summed E-state index contributed by atoms with van der Waals surface area (Å²) in [7, 11) is -1.45. The van der Waals surface area contributed by atoms with E-state index in [9.17, 15) is 8.42 Å². The number of sulfonamides is 1. The van der Waals surface area contributed by atoms with Crippen molar-refractivity contribution in [3.8, 4) is 5.75 Å². The van der Waals surface area contributed by atoms with E-state index in [-0.39, 0.29) is 0 Å². The number of H-pyrrole nitrogens is 1. The molecule has 2 aromatic carbocycles. The molecule has 5 N–H and O–H groups in total. The van der Waals surface area contributed by atoms with Gasteiger partial charge in [0.15, 0.2) is 0 Å². The number of anilines is 6. The number of fused-ring (bicyclic) bond motifs is 2. The smallest absolute Gasteiger partial charge is 0.232 e. The Bertz CT molecular complexity index is 1770. The standard InChI is InChI=1S/C32H43N9O3S/c1-5-44-28-20-27(40-16-11-23(12-17-40)34-15-14-33-3)21(2)19-26(28)37-32-38-30-24(9-13-35-30)31(39-32)36-25-8-6-7-22-10-18-41(29(22)25)45(4,42)43/h6-9,13,19-20,23,33-34H,5,10-12,14-18H2,1-4H3,(H3,35,36,37,38,39). The van der Waals surface area contributed by atoms with Gasteiger partial charge in [-0.15, -0.1) is 0 Å². The number of aromatic amines is 1. The van der Waals surface area contributed by atoms with Crippen molar-refractivity contribution < 1.29 is 13.2 Å². The lowest BCUT2D eigenvalue weighted by molar-refractivity contribution is 0.341. The van der Waals surface area contributed by atoms with Crippen LogP contribution in [0.4, 0.5) is 34.5 Å². The molecule has 4 aromatic rings. The van der Waals surface area contributed by atoms with Crippen molar-refractivity contribution in [2.75, 3.05) is 72.5 Å². The molecule has 45 heavy (non-hydrogen) atoms. The zero-order chi connectivity index (χ0) is 31.6. The fourth-order valence-corrected chi connectivity index (χ4v) is 7.28. The Morgan fingerprint density at radius 3 is 2.62 bits per heavy atom. The van der Waals surface area contributed by atoms with Gasteiger partial charge in [0.05, 0.1) is 35.3 Å². The molecular formula is C32H43N9O3S. The van der Waals surface area contributed by atoms with Gasteiger partial charge in [-0.05, 0) is 69.5 Å². The summed E-state index contributed by atoms with van der Waals surface area (Å²) in [6, 6.07) is 12.4. The SMILES string of the molecule is CCOc1cc(N2CCC(NCCNC)CC2)c(C)cc1Nc1nc(Nc2cccc3c2N(S(C)(=O)=O)CC3)c2cc[nH]c2n1. The van der Waals surface area contributed by atoms with Crippen LogP contribution in [0, 0.1) is 6.92 Å². The third-order valence-corrected chi connectivity index (χ3v) is 9.68. The Labute approximate surface area is 265 Å². The largest absolute Gasteiger partial charge is 0.492 e. The molecule has 0 saturated carbocycles. The van der Waals surface area contributed by atoms with Crippen LogP contribution in [0.3, 0.4) is 0 Å². The summed E-state index contributed by atoms with van der Waals surface area (Å²) in [6.07, 6.45) is 5.91. The molecule has 0 unspecified atom stereocenters. The lowest BCUT2D eigenvalue weighted by atomic mass is 10.0. The van der Waals surface area contributed by atoms with Crippen molar-refractivity contribution in [2.24, 2.45) is 0 Å². The van der Waals surface area contributed by atoms with Crippen LogP contribution >= 0.6 is 0 Å². The molecule has 12 nitrogen and oxygen atoms in total. The van der Waals surface area contributed by atoms with Gasteiger partial charge in [0, 0.05) is 56.7 Å². The van der Waals surface area contributed by atoms with Gasteiger partial charge < -0.3 is 35.9 Å². The number of piperidine rings is 1. The van der Waals surface area contributed by atoms with Crippen molar-refractivity contribution in [3.05, 3.63) is 53.7 Å². The second-order valence-corrected chi connectivity index (χ2v) is 13.6. The maximum atomic E-state index is 12.6. The first kappa shape index (κ1) is 30.9. The van der Waals surface area contributed by atoms with Gasteiger partial charge in [0.1, 0.15) is 17.2 Å². The normalized spacial score (nSPS) is 15.5. The highest BCUT2D eigenvalue weighted by Crippen LogP contribution is 2.40. The Morgan fingerprint density at radius 2 is 1.87 bits per heavy atom. The van der Waals surface area contributed by atoms with Crippen molar-refractivity contribution in [2.45, 2.75) is 39.2 Å². The molecule has 0 radical (unpaired) electrons. The van der Waals surface area contributed by atoms with Gasteiger partial charge >= 0.3 is 0 Å². The van der Waals surface area contributed by atoms with Crippen LogP contribution in [0.2, 0.25) is 0 Å². The first-order valence-electron chi connectivity index (χ1n) is 15.6. The number of aryl methyl sites for hydroxylation is 1. The molecule has 0 aliphatic carbocycles. The number of hydrogen-bond donors (Lipinski definition) is 5. The Morgan fingerprint density at radius 1 is 1.04 bits per heavy atom. The minimum atomic E-state index is -3.43. The maximum absolute atomic E-state index is 12.6. The number of hydrogen-bond acceptors (Lipinski definition) is 10. The summed E-state index contributed by atoms with van der Waals surface area (Å²) < 4.78 is 32.7. The van der Waals surface area contributed by atoms with Gasteiger partial charge in [-0.25, -0.2) is 8.42 Å². The number of nitrogens with zero attached hydrogens (tertiary/aromatic N) is 4. The number of benzene rings is 2. The molecular weight excluding hydrogens is 590 g/mol. The number of rotatable bonds is 12. The Balaban J connectivity index is 1.27. The fourth-order valence-electron chi connectivity index (χ4n) is 6.31. The Hall–Kier alpha value is -4.07. The quantitative estimate of drug-likeness (QED) is 0.144. The second kappa shape index (κ2) is 13.1. The second-order valence-electron chi connectivity index (χ2n) is 11.7. The molecule has 0 spiro atoms. The van der Waals surface area contributed by atoms with Crippen molar-refractivity contribution >= 4 is 55.6 Å². The summed E-state index contributed by atoms with van der Waals surface area (Å²) in [5.74, 6) is 1.69. The lowest BCUT2D eigenvalue weighted by Crippen LogP contribution is -2.44. The van der Waals surface area contributed by atoms with E-state index < -0.39 is 10.0 Å². The van der Waals surface area contributed by atoms with E-state index in [1.807, 2.05) is 44.4 Å². The minimum absolute atomic E-state index is 0.390. The highest BCUT2D eigenvalue weighted by Gasteiger charge is 2.29. The van der Waals surface area contributed by atoms with E-state index in [4.69, 9.17) is 14.7 Å². The molecule has 0 amide bonds. The molecule has 2 aliphatic heterocycles. The predicted octanol–water partition coefficient (Wildman–Crippen LogP) is 4.25. The van der Waals surface area contributed by atoms with Gasteiger partial charge in [-0.2, -0.15) is 9.97 Å². The van der Waals surface area contributed by atoms with Gasteiger partial charge in [-0.3, -0.25) is 4.31 Å². The monoisotopic (exact) mass is 633 g/mol. The summed E-state index contributed by atoms with van der Waals surface area (Å²) in [5.41, 5.74) is 6.08. The van der Waals surface area contributed by atoms with Crippen LogP contribution in [0.25, 0.3) is 11.0 Å². The topological polar surface area (TPSA) is 140 Å². The number of nitrogens with one attached hydrogen (secondary N) is 5. The van der Waals surface area contributed by atoms with Crippen LogP contribution in [0.15, 0.2) is 42.6 Å². The highest BCUT2D eigenvalue weighted by molar-refractivity contribution is 7.92. The fraction of sp³-hybridized carbons (Fsp3) is 0.438. The van der Waals surface area contributed by atoms with Crippen LogP contribution in [0.1, 0.15) is 30.9 Å². The lowest BCUT2D eigenvalue weighted by Gasteiger charge is -2.35. The van der Waals surface area contributed by atoms with Crippen molar-refractivity contribution in [1.82, 2.24) is 25.6 Å². The molecule has 4 heterocycles. The average Bonchev–Trinajstić information content (AvgIpc) is 3.68. The maximum Gasteiger partial charge on any atom is 0.232 e. The summed E-state index contributed by atoms with van der Waals surface area (Å²) in [6.45, 7) is 8.97. The van der Waals surface area contributed by atoms with Crippen molar-refractivity contribution in [3.63, 3.8) is 0 Å². The van der Waals surface area contributed by atoms with Gasteiger partial charge in [0.2, 0.25) is 16.0 Å². The van der Waals surface area contributed by atoms with E-state index in [2.05, 4.69) is 50.2 Å². The average molecular weight is 634 g/mol. The molecule has 13 heteroatoms.